The van der Waals surface area contributed by atoms with Crippen molar-refractivity contribution >= 4 is 12.1 Å². The molecule has 6 nitrogen and oxygen atoms in total. The lowest BCUT2D eigenvalue weighted by Gasteiger charge is -2.13. The van der Waals surface area contributed by atoms with E-state index in [0.29, 0.717) is 5.69 Å². The molecule has 1 atom stereocenters. The number of carbonyl (C=O) groups excluding carboxylic acids is 1. The quantitative estimate of drug-likeness (QED) is 0.735. The van der Waals surface area contributed by atoms with Gasteiger partial charge in [0.05, 0.1) is 0 Å². The van der Waals surface area contributed by atoms with Gasteiger partial charge in [0.25, 0.3) is 0 Å². The predicted molar refractivity (Wildman–Crippen MR) is 64.0 cm³/mol. The summed E-state index contributed by atoms with van der Waals surface area (Å²) >= 11 is 0. The lowest BCUT2D eigenvalue weighted by molar-refractivity contribution is -0.139. The van der Waals surface area contributed by atoms with Crippen LogP contribution in [0.15, 0.2) is 37.1 Å². The summed E-state index contributed by atoms with van der Waals surface area (Å²) in [5.74, 6) is -1.14. The minimum absolute atomic E-state index is 0.0295. The van der Waals surface area contributed by atoms with E-state index in [1.54, 1.807) is 24.4 Å². The second kappa shape index (κ2) is 7.05. The first-order valence-electron chi connectivity index (χ1n) is 5.30. The number of pyridine rings is 1. The molecule has 0 aliphatic rings. The summed E-state index contributed by atoms with van der Waals surface area (Å²) in [6.07, 6.45) is 2.26. The third-order valence-corrected chi connectivity index (χ3v) is 2.06. The van der Waals surface area contributed by atoms with E-state index in [1.165, 1.54) is 6.08 Å². The highest BCUT2D eigenvalue weighted by Gasteiger charge is 2.21. The summed E-state index contributed by atoms with van der Waals surface area (Å²) in [6.45, 7) is 3.41. The van der Waals surface area contributed by atoms with E-state index < -0.39 is 18.1 Å². The molecule has 0 bridgehead atoms. The molecule has 0 saturated carbocycles. The number of nitrogens with one attached hydrogen (secondary N) is 1. The summed E-state index contributed by atoms with van der Waals surface area (Å²) < 4.78 is 4.66. The van der Waals surface area contributed by atoms with Crippen LogP contribution in [0.5, 0.6) is 0 Å². The average Bonchev–Trinajstić information content (AvgIpc) is 2.36. The fraction of sp³-hybridized carbons (Fsp3) is 0.250. The van der Waals surface area contributed by atoms with E-state index in [-0.39, 0.29) is 13.0 Å². The molecule has 0 aliphatic heterocycles. The monoisotopic (exact) mass is 250 g/mol. The van der Waals surface area contributed by atoms with Gasteiger partial charge in [-0.3, -0.25) is 4.98 Å². The Morgan fingerprint density at radius 2 is 2.33 bits per heavy atom. The van der Waals surface area contributed by atoms with E-state index in [2.05, 4.69) is 21.6 Å². The van der Waals surface area contributed by atoms with Crippen LogP contribution < -0.4 is 5.32 Å². The maximum absolute atomic E-state index is 11.2. The smallest absolute Gasteiger partial charge is 0.408 e. The number of carboxylic acid groups (broad SMARTS) is 1. The first-order valence-corrected chi connectivity index (χ1v) is 5.30. The van der Waals surface area contributed by atoms with Crippen LogP contribution in [0.2, 0.25) is 0 Å². The third-order valence-electron chi connectivity index (χ3n) is 2.06. The molecule has 0 saturated heterocycles. The molecule has 2 N–H and O–H groups in total. The number of hydrogen-bond acceptors (Lipinski definition) is 4. The SMILES string of the molecule is C=CCOC(=O)NC(Cc1ccccn1)C(=O)O. The van der Waals surface area contributed by atoms with Crippen LogP contribution in [0.25, 0.3) is 0 Å². The Balaban J connectivity index is 2.58. The topological polar surface area (TPSA) is 88.5 Å². The average molecular weight is 250 g/mol. The molecule has 1 aromatic rings. The van der Waals surface area contributed by atoms with Gasteiger partial charge in [0.15, 0.2) is 0 Å². The zero-order chi connectivity index (χ0) is 13.4. The maximum Gasteiger partial charge on any atom is 0.408 e. The van der Waals surface area contributed by atoms with E-state index in [4.69, 9.17) is 5.11 Å². The summed E-state index contributed by atoms with van der Waals surface area (Å²) in [4.78, 5) is 26.2. The first-order chi connectivity index (χ1) is 8.63. The molecular formula is C12H14N2O4. The van der Waals surface area contributed by atoms with Crippen LogP contribution in [-0.2, 0) is 16.0 Å². The fourth-order valence-electron chi connectivity index (χ4n) is 1.25. The number of hydrogen-bond donors (Lipinski definition) is 2. The second-order valence-electron chi connectivity index (χ2n) is 3.45. The molecule has 0 aromatic carbocycles. The van der Waals surface area contributed by atoms with Crippen molar-refractivity contribution in [2.24, 2.45) is 0 Å². The second-order valence-corrected chi connectivity index (χ2v) is 3.45. The van der Waals surface area contributed by atoms with Crippen LogP contribution in [-0.4, -0.2) is 34.8 Å². The van der Waals surface area contributed by atoms with Gasteiger partial charge in [-0.05, 0) is 12.1 Å². The Labute approximate surface area is 104 Å². The predicted octanol–water partition coefficient (Wildman–Crippen LogP) is 0.990. The van der Waals surface area contributed by atoms with Gasteiger partial charge in [0.1, 0.15) is 12.6 Å². The highest BCUT2D eigenvalue weighted by molar-refractivity contribution is 5.80. The summed E-state index contributed by atoms with van der Waals surface area (Å²) in [7, 11) is 0. The zero-order valence-corrected chi connectivity index (χ0v) is 9.70. The Bertz CT molecular complexity index is 419. The molecule has 6 heteroatoms. The van der Waals surface area contributed by atoms with Gasteiger partial charge in [0, 0.05) is 18.3 Å². The molecule has 96 valence electrons. The number of rotatable bonds is 6. The van der Waals surface area contributed by atoms with Crippen LogP contribution in [0.1, 0.15) is 5.69 Å². The van der Waals surface area contributed by atoms with Gasteiger partial charge in [-0.2, -0.15) is 0 Å². The minimum atomic E-state index is -1.14. The number of amides is 1. The molecule has 0 aliphatic carbocycles. The summed E-state index contributed by atoms with van der Waals surface area (Å²) in [5.41, 5.74) is 0.578. The lowest BCUT2D eigenvalue weighted by atomic mass is 10.1. The van der Waals surface area contributed by atoms with Gasteiger partial charge in [-0.15, -0.1) is 0 Å². The standard InChI is InChI=1S/C12H14N2O4/c1-2-7-18-12(17)14-10(11(15)16)8-9-5-3-4-6-13-9/h2-6,10H,1,7-8H2,(H,14,17)(H,15,16). The molecule has 1 unspecified atom stereocenters. The molecule has 1 rings (SSSR count). The zero-order valence-electron chi connectivity index (χ0n) is 9.70. The Morgan fingerprint density at radius 1 is 1.56 bits per heavy atom. The lowest BCUT2D eigenvalue weighted by Crippen LogP contribution is -2.42. The van der Waals surface area contributed by atoms with E-state index in [9.17, 15) is 9.59 Å². The third kappa shape index (κ3) is 4.65. The van der Waals surface area contributed by atoms with Crippen molar-refractivity contribution in [1.29, 1.82) is 0 Å². The van der Waals surface area contributed by atoms with Crippen LogP contribution in [0.4, 0.5) is 4.79 Å². The highest BCUT2D eigenvalue weighted by Crippen LogP contribution is 2.00. The molecule has 0 fully saturated rings. The number of aromatic nitrogens is 1. The van der Waals surface area contributed by atoms with Crippen molar-refractivity contribution in [2.75, 3.05) is 6.61 Å². The Kier molecular flexibility index (Phi) is 5.37. The summed E-state index contributed by atoms with van der Waals surface area (Å²) in [6, 6.07) is 4.09. The van der Waals surface area contributed by atoms with Crippen molar-refractivity contribution in [2.45, 2.75) is 12.5 Å². The number of carboxylic acids is 1. The Hall–Kier alpha value is -2.37. The number of carbonyl (C=O) groups is 2. The van der Waals surface area contributed by atoms with Gasteiger partial charge in [-0.25, -0.2) is 9.59 Å². The number of nitrogens with zero attached hydrogens (tertiary/aromatic N) is 1. The van der Waals surface area contributed by atoms with Crippen molar-refractivity contribution in [3.63, 3.8) is 0 Å². The summed E-state index contributed by atoms with van der Waals surface area (Å²) in [5, 5.41) is 11.2. The van der Waals surface area contributed by atoms with Crippen LogP contribution in [0, 0.1) is 0 Å². The van der Waals surface area contributed by atoms with Crippen LogP contribution in [0.3, 0.4) is 0 Å². The minimum Gasteiger partial charge on any atom is -0.480 e. The van der Waals surface area contributed by atoms with E-state index in [0.717, 1.165) is 0 Å². The van der Waals surface area contributed by atoms with Gasteiger partial charge < -0.3 is 15.2 Å². The van der Waals surface area contributed by atoms with Gasteiger partial charge >= 0.3 is 12.1 Å². The van der Waals surface area contributed by atoms with E-state index in [1.807, 2.05) is 0 Å². The molecule has 1 amide bonds. The largest absolute Gasteiger partial charge is 0.480 e. The van der Waals surface area contributed by atoms with Crippen molar-refractivity contribution in [3.8, 4) is 0 Å². The maximum atomic E-state index is 11.2. The number of alkyl carbamates (subject to hydrolysis) is 1. The van der Waals surface area contributed by atoms with E-state index >= 15 is 0 Å². The van der Waals surface area contributed by atoms with Crippen molar-refractivity contribution < 1.29 is 19.4 Å². The molecule has 1 aromatic heterocycles. The Morgan fingerprint density at radius 3 is 2.89 bits per heavy atom. The van der Waals surface area contributed by atoms with Crippen LogP contribution >= 0.6 is 0 Å². The molecule has 0 radical (unpaired) electrons. The normalized spacial score (nSPS) is 11.3. The van der Waals surface area contributed by atoms with Gasteiger partial charge in [-0.1, -0.05) is 18.7 Å². The molecule has 18 heavy (non-hydrogen) atoms. The van der Waals surface area contributed by atoms with Crippen molar-refractivity contribution in [1.82, 2.24) is 10.3 Å². The first kappa shape index (κ1) is 13.7. The number of ether oxygens (including phenoxy) is 1. The van der Waals surface area contributed by atoms with Gasteiger partial charge in [0.2, 0.25) is 0 Å². The molecule has 0 spiro atoms. The van der Waals surface area contributed by atoms with Crippen molar-refractivity contribution in [3.05, 3.63) is 42.7 Å². The molecular weight excluding hydrogens is 236 g/mol. The fourth-order valence-corrected chi connectivity index (χ4v) is 1.25. The highest BCUT2D eigenvalue weighted by atomic mass is 16.5. The number of aliphatic carboxylic acids is 1. The molecule has 1 heterocycles.